The summed E-state index contributed by atoms with van der Waals surface area (Å²) < 4.78 is 1.84. The molecule has 1 fully saturated rings. The van der Waals surface area contributed by atoms with Crippen LogP contribution in [0, 0.1) is 18.8 Å². The van der Waals surface area contributed by atoms with Crippen molar-refractivity contribution in [1.29, 1.82) is 0 Å². The Morgan fingerprint density at radius 1 is 1.48 bits per heavy atom. The van der Waals surface area contributed by atoms with Crippen molar-refractivity contribution >= 4 is 5.91 Å². The third kappa shape index (κ3) is 4.06. The largest absolute Gasteiger partial charge is 0.349 e. The molecule has 21 heavy (non-hydrogen) atoms. The predicted octanol–water partition coefficient (Wildman–Crippen LogP) is 1.93. The average Bonchev–Trinajstić information content (AvgIpc) is 2.79. The van der Waals surface area contributed by atoms with Crippen LogP contribution in [0.25, 0.3) is 0 Å². The molecular weight excluding hydrogens is 264 g/mol. The SMILES string of the molecule is Cc1c(C(C)NC(=O)CC(C)C2CCNCC2)cnn1C. The van der Waals surface area contributed by atoms with Gasteiger partial charge in [0.25, 0.3) is 0 Å². The first-order valence-corrected chi connectivity index (χ1v) is 7.97. The number of aromatic nitrogens is 2. The van der Waals surface area contributed by atoms with Crippen LogP contribution in [0.1, 0.15) is 50.4 Å². The van der Waals surface area contributed by atoms with Gasteiger partial charge in [-0.3, -0.25) is 9.48 Å². The summed E-state index contributed by atoms with van der Waals surface area (Å²) >= 11 is 0. The van der Waals surface area contributed by atoms with Crippen LogP contribution in [0.2, 0.25) is 0 Å². The lowest BCUT2D eigenvalue weighted by atomic mass is 9.84. The molecule has 1 aromatic heterocycles. The summed E-state index contributed by atoms with van der Waals surface area (Å²) in [6, 6.07) is 0.0198. The van der Waals surface area contributed by atoms with Crippen LogP contribution in [-0.2, 0) is 11.8 Å². The van der Waals surface area contributed by atoms with Crippen LogP contribution in [0.3, 0.4) is 0 Å². The number of rotatable bonds is 5. The zero-order chi connectivity index (χ0) is 15.4. The zero-order valence-electron chi connectivity index (χ0n) is 13.6. The van der Waals surface area contributed by atoms with E-state index in [1.165, 1.54) is 12.8 Å². The minimum Gasteiger partial charge on any atom is -0.349 e. The van der Waals surface area contributed by atoms with Gasteiger partial charge in [-0.15, -0.1) is 0 Å². The van der Waals surface area contributed by atoms with Gasteiger partial charge >= 0.3 is 0 Å². The smallest absolute Gasteiger partial charge is 0.220 e. The molecule has 0 radical (unpaired) electrons. The van der Waals surface area contributed by atoms with Gasteiger partial charge in [-0.2, -0.15) is 5.10 Å². The summed E-state index contributed by atoms with van der Waals surface area (Å²) in [6.07, 6.45) is 4.84. The molecule has 0 bridgehead atoms. The summed E-state index contributed by atoms with van der Waals surface area (Å²) in [4.78, 5) is 12.2. The van der Waals surface area contributed by atoms with Crippen molar-refractivity contribution in [3.8, 4) is 0 Å². The lowest BCUT2D eigenvalue weighted by Crippen LogP contribution is -2.34. The van der Waals surface area contributed by atoms with Crippen molar-refractivity contribution in [2.45, 2.75) is 46.1 Å². The fraction of sp³-hybridized carbons (Fsp3) is 0.750. The minimum absolute atomic E-state index is 0.0198. The van der Waals surface area contributed by atoms with Gasteiger partial charge in [-0.1, -0.05) is 6.92 Å². The topological polar surface area (TPSA) is 59.0 Å². The second-order valence-electron chi connectivity index (χ2n) is 6.37. The number of amides is 1. The third-order valence-corrected chi connectivity index (χ3v) is 4.81. The maximum atomic E-state index is 12.2. The Bertz CT molecular complexity index is 477. The van der Waals surface area contributed by atoms with Crippen molar-refractivity contribution in [1.82, 2.24) is 20.4 Å². The van der Waals surface area contributed by atoms with Gasteiger partial charge in [0.15, 0.2) is 0 Å². The predicted molar refractivity (Wildman–Crippen MR) is 83.9 cm³/mol. The van der Waals surface area contributed by atoms with E-state index in [0.717, 1.165) is 24.3 Å². The van der Waals surface area contributed by atoms with Crippen LogP contribution in [-0.4, -0.2) is 28.8 Å². The molecule has 0 saturated carbocycles. The van der Waals surface area contributed by atoms with E-state index in [9.17, 15) is 4.79 Å². The van der Waals surface area contributed by atoms with Crippen LogP contribution >= 0.6 is 0 Å². The number of aryl methyl sites for hydroxylation is 1. The molecule has 2 atom stereocenters. The van der Waals surface area contributed by atoms with E-state index in [4.69, 9.17) is 0 Å². The monoisotopic (exact) mass is 292 g/mol. The summed E-state index contributed by atoms with van der Waals surface area (Å²) in [7, 11) is 1.92. The molecule has 5 heteroatoms. The van der Waals surface area contributed by atoms with Crippen LogP contribution < -0.4 is 10.6 Å². The molecule has 1 aromatic rings. The van der Waals surface area contributed by atoms with Crippen molar-refractivity contribution < 1.29 is 4.79 Å². The highest BCUT2D eigenvalue weighted by Gasteiger charge is 2.23. The van der Waals surface area contributed by atoms with Gasteiger partial charge in [-0.05, 0) is 51.6 Å². The highest BCUT2D eigenvalue weighted by atomic mass is 16.1. The highest BCUT2D eigenvalue weighted by molar-refractivity contribution is 5.76. The molecule has 0 spiro atoms. The van der Waals surface area contributed by atoms with Gasteiger partial charge in [0, 0.05) is 24.7 Å². The van der Waals surface area contributed by atoms with E-state index in [-0.39, 0.29) is 11.9 Å². The first kappa shape index (κ1) is 16.0. The number of carbonyl (C=O) groups excluding carboxylic acids is 1. The molecule has 5 nitrogen and oxygen atoms in total. The van der Waals surface area contributed by atoms with Gasteiger partial charge in [-0.25, -0.2) is 0 Å². The number of hydrogen-bond acceptors (Lipinski definition) is 3. The Labute approximate surface area is 127 Å². The lowest BCUT2D eigenvalue weighted by molar-refractivity contribution is -0.123. The summed E-state index contributed by atoms with van der Waals surface area (Å²) in [5.74, 6) is 1.28. The maximum absolute atomic E-state index is 12.2. The van der Waals surface area contributed by atoms with E-state index >= 15 is 0 Å². The van der Waals surface area contributed by atoms with Gasteiger partial charge in [0.2, 0.25) is 5.91 Å². The summed E-state index contributed by atoms with van der Waals surface area (Å²) in [6.45, 7) is 8.43. The fourth-order valence-electron chi connectivity index (χ4n) is 3.19. The molecule has 118 valence electrons. The Kier molecular flexibility index (Phi) is 5.39. The molecule has 0 aromatic carbocycles. The molecule has 1 amide bonds. The number of nitrogens with one attached hydrogen (secondary N) is 2. The molecular formula is C16H28N4O. The molecule has 1 aliphatic heterocycles. The molecule has 1 saturated heterocycles. The number of piperidine rings is 1. The third-order valence-electron chi connectivity index (χ3n) is 4.81. The Morgan fingerprint density at radius 3 is 2.71 bits per heavy atom. The normalized spacial score (nSPS) is 19.2. The van der Waals surface area contributed by atoms with Crippen molar-refractivity contribution in [2.24, 2.45) is 18.9 Å². The molecule has 1 aliphatic rings. The standard InChI is InChI=1S/C16H28N4O/c1-11(14-5-7-17-8-6-14)9-16(21)19-12(2)15-10-18-20(4)13(15)3/h10-12,14,17H,5-9H2,1-4H3,(H,19,21). The van der Waals surface area contributed by atoms with Crippen molar-refractivity contribution in [3.05, 3.63) is 17.5 Å². The first-order valence-electron chi connectivity index (χ1n) is 7.97. The van der Waals surface area contributed by atoms with Crippen LogP contribution in [0.5, 0.6) is 0 Å². The molecule has 0 aliphatic carbocycles. The molecule has 2 heterocycles. The van der Waals surface area contributed by atoms with E-state index in [1.54, 1.807) is 0 Å². The molecule has 2 rings (SSSR count). The number of hydrogen-bond donors (Lipinski definition) is 2. The first-order chi connectivity index (χ1) is 9.99. The lowest BCUT2D eigenvalue weighted by Gasteiger charge is -2.28. The zero-order valence-corrected chi connectivity index (χ0v) is 13.6. The van der Waals surface area contributed by atoms with E-state index in [0.29, 0.717) is 18.3 Å². The highest BCUT2D eigenvalue weighted by Crippen LogP contribution is 2.24. The van der Waals surface area contributed by atoms with Crippen LogP contribution in [0.15, 0.2) is 6.20 Å². The fourth-order valence-corrected chi connectivity index (χ4v) is 3.19. The van der Waals surface area contributed by atoms with Gasteiger partial charge < -0.3 is 10.6 Å². The average molecular weight is 292 g/mol. The van der Waals surface area contributed by atoms with E-state index in [2.05, 4.69) is 22.7 Å². The van der Waals surface area contributed by atoms with E-state index in [1.807, 2.05) is 31.8 Å². The Morgan fingerprint density at radius 2 is 2.14 bits per heavy atom. The van der Waals surface area contributed by atoms with E-state index < -0.39 is 0 Å². The van der Waals surface area contributed by atoms with Gasteiger partial charge in [0.05, 0.1) is 12.2 Å². The van der Waals surface area contributed by atoms with Gasteiger partial charge in [0.1, 0.15) is 0 Å². The Hall–Kier alpha value is -1.36. The summed E-state index contributed by atoms with van der Waals surface area (Å²) in [5.41, 5.74) is 2.20. The minimum atomic E-state index is 0.0198. The van der Waals surface area contributed by atoms with Crippen LogP contribution in [0.4, 0.5) is 0 Å². The molecule has 2 N–H and O–H groups in total. The second kappa shape index (κ2) is 7.07. The van der Waals surface area contributed by atoms with Crippen molar-refractivity contribution in [3.63, 3.8) is 0 Å². The second-order valence-corrected chi connectivity index (χ2v) is 6.37. The number of nitrogens with zero attached hydrogens (tertiary/aromatic N) is 2. The quantitative estimate of drug-likeness (QED) is 0.872. The summed E-state index contributed by atoms with van der Waals surface area (Å²) in [5, 5.41) is 10.7. The molecule has 2 unspecified atom stereocenters. The van der Waals surface area contributed by atoms with Crippen molar-refractivity contribution in [2.75, 3.05) is 13.1 Å². The Balaban J connectivity index is 1.84. The maximum Gasteiger partial charge on any atom is 0.220 e. The number of carbonyl (C=O) groups is 1.